The van der Waals surface area contributed by atoms with E-state index in [0.29, 0.717) is 25.9 Å². The molecule has 21 heavy (non-hydrogen) atoms. The Morgan fingerprint density at radius 2 is 2.00 bits per heavy atom. The molecular weight excluding hydrogens is 314 g/mol. The summed E-state index contributed by atoms with van der Waals surface area (Å²) in [4.78, 5) is 17.0. The Morgan fingerprint density at radius 1 is 1.38 bits per heavy atom. The van der Waals surface area contributed by atoms with Gasteiger partial charge in [-0.3, -0.25) is 4.79 Å². The van der Waals surface area contributed by atoms with Gasteiger partial charge in [0.2, 0.25) is 15.9 Å². The lowest BCUT2D eigenvalue weighted by molar-refractivity contribution is -0.130. The van der Waals surface area contributed by atoms with Crippen molar-refractivity contribution in [2.45, 2.75) is 30.7 Å². The van der Waals surface area contributed by atoms with Gasteiger partial charge in [-0.25, -0.2) is 13.4 Å². The molecule has 116 valence electrons. The number of aromatic nitrogens is 1. The fraction of sp³-hybridized carbons (Fsp3) is 0.538. The van der Waals surface area contributed by atoms with Crippen molar-refractivity contribution in [3.05, 3.63) is 23.5 Å². The van der Waals surface area contributed by atoms with Gasteiger partial charge in [-0.1, -0.05) is 11.6 Å². The number of carbonyl (C=O) groups excluding carboxylic acids is 1. The smallest absolute Gasteiger partial charge is 0.244 e. The lowest BCUT2D eigenvalue weighted by atomic mass is 10.1. The molecule has 1 aromatic heterocycles. The first kappa shape index (κ1) is 16.2. The number of carbonyl (C=O) groups is 1. The van der Waals surface area contributed by atoms with E-state index in [1.54, 1.807) is 11.9 Å². The second-order valence-corrected chi connectivity index (χ2v) is 7.41. The largest absolute Gasteiger partial charge is 0.343 e. The fourth-order valence-corrected chi connectivity index (χ4v) is 3.92. The first-order valence-electron chi connectivity index (χ1n) is 6.67. The minimum atomic E-state index is -3.54. The van der Waals surface area contributed by atoms with E-state index >= 15 is 0 Å². The van der Waals surface area contributed by atoms with Crippen LogP contribution in [0.1, 0.15) is 19.8 Å². The molecule has 1 fully saturated rings. The van der Waals surface area contributed by atoms with Crippen molar-refractivity contribution in [2.24, 2.45) is 0 Å². The first-order chi connectivity index (χ1) is 9.82. The van der Waals surface area contributed by atoms with Crippen molar-refractivity contribution >= 4 is 27.5 Å². The summed E-state index contributed by atoms with van der Waals surface area (Å²) in [6.07, 6.45) is 2.54. The maximum atomic E-state index is 12.5. The van der Waals surface area contributed by atoms with Crippen LogP contribution in [0, 0.1) is 0 Å². The van der Waals surface area contributed by atoms with Gasteiger partial charge in [0.05, 0.1) is 0 Å². The molecule has 2 rings (SSSR count). The van der Waals surface area contributed by atoms with E-state index in [9.17, 15) is 13.2 Å². The molecule has 0 radical (unpaired) electrons. The van der Waals surface area contributed by atoms with Crippen molar-refractivity contribution in [1.82, 2.24) is 14.2 Å². The molecule has 1 aliphatic heterocycles. The molecule has 1 saturated heterocycles. The Morgan fingerprint density at radius 3 is 2.48 bits per heavy atom. The summed E-state index contributed by atoms with van der Waals surface area (Å²) in [6.45, 7) is 2.31. The van der Waals surface area contributed by atoms with Crippen LogP contribution >= 0.6 is 11.6 Å². The normalized spacial score (nSPS) is 17.7. The number of hydrogen-bond donors (Lipinski definition) is 0. The summed E-state index contributed by atoms with van der Waals surface area (Å²) >= 11 is 5.67. The standard InChI is InChI=1S/C13H18ClN3O3S/c1-10(18)16(2)11-5-7-17(8-6-11)21(19,20)12-3-4-13(14)15-9-12/h3-4,9,11H,5-8H2,1-2H3. The van der Waals surface area contributed by atoms with Crippen LogP contribution in [0.2, 0.25) is 5.15 Å². The molecular formula is C13H18ClN3O3S. The van der Waals surface area contributed by atoms with Gasteiger partial charge < -0.3 is 4.90 Å². The fourth-order valence-electron chi connectivity index (χ4n) is 2.39. The molecule has 0 spiro atoms. The number of halogens is 1. The predicted molar refractivity (Wildman–Crippen MR) is 79.5 cm³/mol. The van der Waals surface area contributed by atoms with Crippen LogP contribution in [-0.2, 0) is 14.8 Å². The van der Waals surface area contributed by atoms with Crippen LogP contribution < -0.4 is 0 Å². The van der Waals surface area contributed by atoms with Crippen molar-refractivity contribution in [2.75, 3.05) is 20.1 Å². The van der Waals surface area contributed by atoms with Crippen LogP contribution in [0.3, 0.4) is 0 Å². The average Bonchev–Trinajstić information content (AvgIpc) is 2.47. The zero-order chi connectivity index (χ0) is 15.6. The zero-order valence-corrected chi connectivity index (χ0v) is 13.6. The monoisotopic (exact) mass is 331 g/mol. The molecule has 0 N–H and O–H groups in total. The van der Waals surface area contributed by atoms with Crippen molar-refractivity contribution in [3.63, 3.8) is 0 Å². The van der Waals surface area contributed by atoms with Gasteiger partial charge in [-0.05, 0) is 25.0 Å². The van der Waals surface area contributed by atoms with Gasteiger partial charge >= 0.3 is 0 Å². The number of nitrogens with zero attached hydrogens (tertiary/aromatic N) is 3. The lowest BCUT2D eigenvalue weighted by Gasteiger charge is -2.35. The first-order valence-corrected chi connectivity index (χ1v) is 8.49. The topological polar surface area (TPSA) is 70.6 Å². The third-order valence-corrected chi connectivity index (χ3v) is 5.91. The van der Waals surface area contributed by atoms with E-state index in [0.717, 1.165) is 0 Å². The maximum Gasteiger partial charge on any atom is 0.244 e. The van der Waals surface area contributed by atoms with Crippen LogP contribution in [0.4, 0.5) is 0 Å². The van der Waals surface area contributed by atoms with Crippen LogP contribution in [-0.4, -0.2) is 54.7 Å². The van der Waals surface area contributed by atoms with Gasteiger partial charge in [0, 0.05) is 39.3 Å². The van der Waals surface area contributed by atoms with Crippen LogP contribution in [0.15, 0.2) is 23.2 Å². The van der Waals surface area contributed by atoms with Gasteiger partial charge in [-0.15, -0.1) is 0 Å². The quantitative estimate of drug-likeness (QED) is 0.784. The highest BCUT2D eigenvalue weighted by Gasteiger charge is 2.31. The Kier molecular flexibility index (Phi) is 4.85. The van der Waals surface area contributed by atoms with Gasteiger partial charge in [0.15, 0.2) is 0 Å². The van der Waals surface area contributed by atoms with Crippen molar-refractivity contribution < 1.29 is 13.2 Å². The number of amides is 1. The van der Waals surface area contributed by atoms with Crippen molar-refractivity contribution in [3.8, 4) is 0 Å². The predicted octanol–water partition coefficient (Wildman–Crippen LogP) is 1.37. The minimum absolute atomic E-state index is 0.00166. The van der Waals surface area contributed by atoms with Gasteiger partial charge in [-0.2, -0.15) is 4.31 Å². The molecule has 0 atom stereocenters. The lowest BCUT2D eigenvalue weighted by Crippen LogP contribution is -2.46. The van der Waals surface area contributed by atoms with E-state index in [-0.39, 0.29) is 22.0 Å². The molecule has 6 nitrogen and oxygen atoms in total. The van der Waals surface area contributed by atoms with E-state index < -0.39 is 10.0 Å². The SMILES string of the molecule is CC(=O)N(C)C1CCN(S(=O)(=O)c2ccc(Cl)nc2)CC1. The Balaban J connectivity index is 2.07. The number of pyridine rings is 1. The van der Waals surface area contributed by atoms with Crippen LogP contribution in [0.5, 0.6) is 0 Å². The average molecular weight is 332 g/mol. The molecule has 0 saturated carbocycles. The summed E-state index contributed by atoms with van der Waals surface area (Å²) in [5.41, 5.74) is 0. The third-order valence-electron chi connectivity index (χ3n) is 3.81. The Hall–Kier alpha value is -1.18. The van der Waals surface area contributed by atoms with Gasteiger partial charge in [0.25, 0.3) is 0 Å². The molecule has 0 unspecified atom stereocenters. The summed E-state index contributed by atoms with van der Waals surface area (Å²) in [5.74, 6) is -0.00166. The highest BCUT2D eigenvalue weighted by molar-refractivity contribution is 7.89. The number of piperidine rings is 1. The number of sulfonamides is 1. The molecule has 1 aromatic rings. The highest BCUT2D eigenvalue weighted by Crippen LogP contribution is 2.23. The number of hydrogen-bond acceptors (Lipinski definition) is 4. The molecule has 2 heterocycles. The third kappa shape index (κ3) is 3.53. The molecule has 0 bridgehead atoms. The van der Waals surface area contributed by atoms with E-state index in [1.807, 2.05) is 0 Å². The van der Waals surface area contributed by atoms with Gasteiger partial charge in [0.1, 0.15) is 10.0 Å². The van der Waals surface area contributed by atoms with E-state index in [1.165, 1.54) is 29.6 Å². The molecule has 8 heteroatoms. The summed E-state index contributed by atoms with van der Waals surface area (Å²) in [5, 5.41) is 0.260. The van der Waals surface area contributed by atoms with E-state index in [2.05, 4.69) is 4.98 Å². The Labute approximate surface area is 129 Å². The maximum absolute atomic E-state index is 12.5. The second-order valence-electron chi connectivity index (χ2n) is 5.08. The Bertz CT molecular complexity index is 610. The molecule has 1 aliphatic rings. The molecule has 1 amide bonds. The van der Waals surface area contributed by atoms with Crippen LogP contribution in [0.25, 0.3) is 0 Å². The zero-order valence-electron chi connectivity index (χ0n) is 12.0. The summed E-state index contributed by atoms with van der Waals surface area (Å²) in [7, 11) is -1.79. The number of rotatable bonds is 3. The van der Waals surface area contributed by atoms with Crippen molar-refractivity contribution in [1.29, 1.82) is 0 Å². The second kappa shape index (κ2) is 6.29. The summed E-state index contributed by atoms with van der Waals surface area (Å²) < 4.78 is 26.4. The summed E-state index contributed by atoms with van der Waals surface area (Å²) in [6, 6.07) is 3.01. The molecule has 0 aromatic carbocycles. The van der Waals surface area contributed by atoms with E-state index in [4.69, 9.17) is 11.6 Å². The minimum Gasteiger partial charge on any atom is -0.343 e. The molecule has 0 aliphatic carbocycles. The highest BCUT2D eigenvalue weighted by atomic mass is 35.5.